The molecular formula is C63H38. The van der Waals surface area contributed by atoms with Gasteiger partial charge in [-0.2, -0.15) is 0 Å². The van der Waals surface area contributed by atoms with Crippen LogP contribution >= 0.6 is 0 Å². The summed E-state index contributed by atoms with van der Waals surface area (Å²) < 4.78 is 0. The highest BCUT2D eigenvalue weighted by Gasteiger charge is 2.52. The van der Waals surface area contributed by atoms with Crippen LogP contribution in [0.25, 0.3) is 109 Å². The molecule has 14 rings (SSSR count). The Balaban J connectivity index is 1.09. The van der Waals surface area contributed by atoms with E-state index in [1.54, 1.807) is 0 Å². The van der Waals surface area contributed by atoms with Gasteiger partial charge in [0.1, 0.15) is 0 Å². The van der Waals surface area contributed by atoms with Crippen molar-refractivity contribution in [2.75, 3.05) is 0 Å². The summed E-state index contributed by atoms with van der Waals surface area (Å²) in [5, 5.41) is 12.6. The van der Waals surface area contributed by atoms with Crippen LogP contribution in [-0.2, 0) is 5.41 Å². The lowest BCUT2D eigenvalue weighted by atomic mass is 9.69. The SMILES string of the molecule is c1cc(-c2ccc3ccccc3c2)cc(-c2c3ccccc3c(-c3cc4c(c5ccccc35)-c3cc5ccccc5cc3C43c4ccccc4-c4ccccc43)c3ccccc23)c1. The first kappa shape index (κ1) is 34.6. The third-order valence-corrected chi connectivity index (χ3v) is 14.4. The van der Waals surface area contributed by atoms with Crippen LogP contribution in [0.5, 0.6) is 0 Å². The lowest BCUT2D eigenvalue weighted by Gasteiger charge is -2.31. The van der Waals surface area contributed by atoms with Crippen molar-refractivity contribution >= 4 is 53.9 Å². The van der Waals surface area contributed by atoms with E-state index in [0.29, 0.717) is 0 Å². The zero-order valence-corrected chi connectivity index (χ0v) is 34.4. The Hall–Kier alpha value is -8.06. The third kappa shape index (κ3) is 4.70. The third-order valence-electron chi connectivity index (χ3n) is 14.4. The van der Waals surface area contributed by atoms with Crippen LogP contribution in [0.2, 0.25) is 0 Å². The highest BCUT2D eigenvalue weighted by Crippen LogP contribution is 2.65. The summed E-state index contributed by atoms with van der Waals surface area (Å²) in [5.41, 5.74) is 17.8. The molecule has 63 heavy (non-hydrogen) atoms. The van der Waals surface area contributed by atoms with Crippen LogP contribution in [-0.4, -0.2) is 0 Å². The minimum absolute atomic E-state index is 0.491. The standard InChI is InChI=1S/C63H38/c1-2-17-40-34-44(33-32-39(40)16-1)41-20-15-21-45(35-41)60-50-26-7-9-28-52(50)61(53-29-10-8-27-51(53)60)54-38-59-62(49-25-6-5-22-46(49)54)55-36-42-18-3-4-19-43(42)37-58(55)63(59)56-30-13-11-23-47(56)48-24-12-14-31-57(48)63/h1-38H. The molecule has 0 unspecified atom stereocenters. The molecule has 1 spiro atoms. The van der Waals surface area contributed by atoms with Gasteiger partial charge in [-0.15, -0.1) is 0 Å². The van der Waals surface area contributed by atoms with Gasteiger partial charge in [-0.05, 0) is 162 Å². The molecule has 0 saturated heterocycles. The first-order chi connectivity index (χ1) is 31.3. The second-order valence-electron chi connectivity index (χ2n) is 17.5. The molecule has 0 N–H and O–H groups in total. The second kappa shape index (κ2) is 13.0. The molecule has 0 heteroatoms. The van der Waals surface area contributed by atoms with Crippen LogP contribution in [0.3, 0.4) is 0 Å². The van der Waals surface area contributed by atoms with Crippen molar-refractivity contribution in [2.24, 2.45) is 0 Å². The van der Waals surface area contributed by atoms with E-state index in [4.69, 9.17) is 0 Å². The first-order valence-corrected chi connectivity index (χ1v) is 22.1. The van der Waals surface area contributed by atoms with Gasteiger partial charge in [0.15, 0.2) is 0 Å². The number of benzene rings is 12. The predicted molar refractivity (Wildman–Crippen MR) is 267 cm³/mol. The molecule has 0 aliphatic heterocycles. The smallest absolute Gasteiger partial charge is 0.0619 e. The maximum atomic E-state index is 2.61. The minimum Gasteiger partial charge on any atom is -0.0619 e. The van der Waals surface area contributed by atoms with E-state index in [9.17, 15) is 0 Å². The average Bonchev–Trinajstić information content (AvgIpc) is 3.81. The fourth-order valence-electron chi connectivity index (χ4n) is 11.8. The van der Waals surface area contributed by atoms with Crippen molar-refractivity contribution in [1.29, 1.82) is 0 Å². The fraction of sp³-hybridized carbons (Fsp3) is 0.0159. The van der Waals surface area contributed by atoms with Gasteiger partial charge >= 0.3 is 0 Å². The zero-order valence-electron chi connectivity index (χ0n) is 34.4. The van der Waals surface area contributed by atoms with Gasteiger partial charge in [0.05, 0.1) is 5.41 Å². The van der Waals surface area contributed by atoms with E-state index in [2.05, 4.69) is 231 Å². The monoisotopic (exact) mass is 794 g/mol. The Morgan fingerprint density at radius 3 is 1.33 bits per heavy atom. The van der Waals surface area contributed by atoms with Crippen molar-refractivity contribution in [2.45, 2.75) is 5.41 Å². The van der Waals surface area contributed by atoms with Crippen molar-refractivity contribution in [3.8, 4) is 55.6 Å². The Kier molecular flexibility index (Phi) is 7.13. The van der Waals surface area contributed by atoms with Gasteiger partial charge in [0.25, 0.3) is 0 Å². The molecule has 2 aliphatic rings. The van der Waals surface area contributed by atoms with Crippen molar-refractivity contribution in [1.82, 2.24) is 0 Å². The number of hydrogen-bond acceptors (Lipinski definition) is 0. The Labute approximate surface area is 366 Å². The molecular weight excluding hydrogens is 757 g/mol. The van der Waals surface area contributed by atoms with Gasteiger partial charge < -0.3 is 0 Å². The molecule has 0 radical (unpaired) electrons. The first-order valence-electron chi connectivity index (χ1n) is 22.1. The minimum atomic E-state index is -0.491. The van der Waals surface area contributed by atoms with Crippen LogP contribution in [0, 0.1) is 0 Å². The Morgan fingerprint density at radius 1 is 0.206 bits per heavy atom. The summed E-state index contributed by atoms with van der Waals surface area (Å²) in [7, 11) is 0. The van der Waals surface area contributed by atoms with Crippen molar-refractivity contribution < 1.29 is 0 Å². The highest BCUT2D eigenvalue weighted by molar-refractivity contribution is 6.25. The summed E-state index contributed by atoms with van der Waals surface area (Å²) >= 11 is 0. The molecule has 290 valence electrons. The lowest BCUT2D eigenvalue weighted by Crippen LogP contribution is -2.26. The summed E-state index contributed by atoms with van der Waals surface area (Å²) in [6.07, 6.45) is 0. The van der Waals surface area contributed by atoms with Crippen LogP contribution in [0.4, 0.5) is 0 Å². The van der Waals surface area contributed by atoms with Gasteiger partial charge in [-0.3, -0.25) is 0 Å². The number of fused-ring (bicyclic) bond motifs is 16. The molecule has 2 aliphatic carbocycles. The van der Waals surface area contributed by atoms with E-state index in [1.165, 1.54) is 132 Å². The summed E-state index contributed by atoms with van der Waals surface area (Å²) in [5.74, 6) is 0. The molecule has 0 heterocycles. The summed E-state index contributed by atoms with van der Waals surface area (Å²) in [6, 6.07) is 86.8. The molecule has 0 atom stereocenters. The summed E-state index contributed by atoms with van der Waals surface area (Å²) in [4.78, 5) is 0. The molecule has 0 saturated carbocycles. The number of hydrogen-bond donors (Lipinski definition) is 0. The van der Waals surface area contributed by atoms with E-state index in [-0.39, 0.29) is 0 Å². The molecule has 0 fully saturated rings. The lowest BCUT2D eigenvalue weighted by molar-refractivity contribution is 0.796. The molecule has 0 aromatic heterocycles. The van der Waals surface area contributed by atoms with Gasteiger partial charge in [0.2, 0.25) is 0 Å². The predicted octanol–water partition coefficient (Wildman–Crippen LogP) is 16.8. The van der Waals surface area contributed by atoms with Crippen LogP contribution in [0.1, 0.15) is 22.3 Å². The second-order valence-corrected chi connectivity index (χ2v) is 17.5. The maximum absolute atomic E-state index is 2.61. The largest absolute Gasteiger partial charge is 0.0726 e. The maximum Gasteiger partial charge on any atom is 0.0726 e. The summed E-state index contributed by atoms with van der Waals surface area (Å²) in [6.45, 7) is 0. The topological polar surface area (TPSA) is 0 Å². The quantitative estimate of drug-likeness (QED) is 0.156. The normalized spacial score (nSPS) is 13.2. The van der Waals surface area contributed by atoms with Gasteiger partial charge in [0, 0.05) is 0 Å². The Bertz CT molecular complexity index is 3820. The van der Waals surface area contributed by atoms with Gasteiger partial charge in [-0.1, -0.05) is 200 Å². The Morgan fingerprint density at radius 2 is 0.683 bits per heavy atom. The van der Waals surface area contributed by atoms with Gasteiger partial charge in [-0.25, -0.2) is 0 Å². The highest BCUT2D eigenvalue weighted by atomic mass is 14.5. The fourth-order valence-corrected chi connectivity index (χ4v) is 11.8. The van der Waals surface area contributed by atoms with E-state index in [0.717, 1.165) is 0 Å². The van der Waals surface area contributed by atoms with Crippen molar-refractivity contribution in [3.05, 3.63) is 253 Å². The van der Waals surface area contributed by atoms with Crippen molar-refractivity contribution in [3.63, 3.8) is 0 Å². The molecule has 0 amide bonds. The van der Waals surface area contributed by atoms with E-state index < -0.39 is 5.41 Å². The molecule has 0 nitrogen and oxygen atoms in total. The average molecular weight is 795 g/mol. The van der Waals surface area contributed by atoms with Crippen LogP contribution < -0.4 is 0 Å². The molecule has 12 aromatic rings. The van der Waals surface area contributed by atoms with E-state index in [1.807, 2.05) is 0 Å². The van der Waals surface area contributed by atoms with Crippen LogP contribution in [0.15, 0.2) is 231 Å². The zero-order chi connectivity index (χ0) is 41.2. The molecule has 0 bridgehead atoms. The van der Waals surface area contributed by atoms with E-state index >= 15 is 0 Å². The molecule has 12 aromatic carbocycles. The number of rotatable bonds is 3.